The predicted molar refractivity (Wildman–Crippen MR) is 133 cm³/mol. The van der Waals surface area contributed by atoms with Gasteiger partial charge in [-0.25, -0.2) is 0 Å². The molecule has 2 heteroatoms. The zero-order valence-electron chi connectivity index (χ0n) is 22.0. The SMILES string of the molecule is CC(C)CCCC(C)C1CCC2C3CCC4/C(=C/O)C(=O)C(C)(C)CC4(C)C3CCC12C. The van der Waals surface area contributed by atoms with Gasteiger partial charge in [0.25, 0.3) is 0 Å². The topological polar surface area (TPSA) is 37.3 Å². The minimum absolute atomic E-state index is 0.150. The van der Waals surface area contributed by atoms with E-state index in [1.165, 1.54) is 57.6 Å². The summed E-state index contributed by atoms with van der Waals surface area (Å²) >= 11 is 0. The second-order valence-electron chi connectivity index (χ2n) is 14.0. The minimum atomic E-state index is -0.356. The van der Waals surface area contributed by atoms with Crippen molar-refractivity contribution < 1.29 is 9.90 Å². The molecule has 4 aliphatic rings. The zero-order chi connectivity index (χ0) is 23.5. The van der Waals surface area contributed by atoms with Crippen LogP contribution in [0.1, 0.15) is 113 Å². The van der Waals surface area contributed by atoms with Crippen LogP contribution in [0.15, 0.2) is 11.8 Å². The molecule has 0 aromatic rings. The van der Waals surface area contributed by atoms with E-state index in [4.69, 9.17) is 0 Å². The van der Waals surface area contributed by atoms with E-state index >= 15 is 0 Å². The van der Waals surface area contributed by atoms with Gasteiger partial charge < -0.3 is 5.11 Å². The highest BCUT2D eigenvalue weighted by Crippen LogP contribution is 2.69. The fraction of sp³-hybridized carbons (Fsp3) is 0.900. The molecule has 0 amide bonds. The molecule has 0 aliphatic heterocycles. The summed E-state index contributed by atoms with van der Waals surface area (Å²) in [4.78, 5) is 13.1. The molecule has 0 radical (unpaired) electrons. The molecular weight excluding hydrogens is 392 g/mol. The summed E-state index contributed by atoms with van der Waals surface area (Å²) in [6, 6.07) is 0. The number of aliphatic hydroxyl groups is 1. The molecule has 32 heavy (non-hydrogen) atoms. The van der Waals surface area contributed by atoms with E-state index in [-0.39, 0.29) is 22.5 Å². The number of fused-ring (bicyclic) bond motifs is 5. The van der Waals surface area contributed by atoms with Crippen molar-refractivity contribution in [3.8, 4) is 0 Å². The molecule has 4 fully saturated rings. The lowest BCUT2D eigenvalue weighted by Gasteiger charge is -2.62. The van der Waals surface area contributed by atoms with Gasteiger partial charge in [0.1, 0.15) is 0 Å². The Hall–Kier alpha value is -0.790. The zero-order valence-corrected chi connectivity index (χ0v) is 22.0. The van der Waals surface area contributed by atoms with Crippen LogP contribution >= 0.6 is 0 Å². The van der Waals surface area contributed by atoms with Crippen LogP contribution in [0.25, 0.3) is 0 Å². The largest absolute Gasteiger partial charge is 0.515 e. The summed E-state index contributed by atoms with van der Waals surface area (Å²) in [6.45, 7) is 16.6. The summed E-state index contributed by atoms with van der Waals surface area (Å²) < 4.78 is 0. The third kappa shape index (κ3) is 3.70. The molecular formula is C30H50O2. The van der Waals surface area contributed by atoms with E-state index in [0.29, 0.717) is 11.3 Å². The molecule has 4 rings (SSSR count). The lowest BCUT2D eigenvalue weighted by Crippen LogP contribution is -2.57. The highest BCUT2D eigenvalue weighted by molar-refractivity contribution is 6.00. The quantitative estimate of drug-likeness (QED) is 0.343. The first kappa shape index (κ1) is 24.3. The first-order valence-corrected chi connectivity index (χ1v) is 13.8. The lowest BCUT2D eigenvalue weighted by molar-refractivity contribution is -0.146. The average molecular weight is 443 g/mol. The number of hydrogen-bond donors (Lipinski definition) is 1. The third-order valence-electron chi connectivity index (χ3n) is 11.3. The van der Waals surface area contributed by atoms with Gasteiger partial charge in [-0.15, -0.1) is 0 Å². The van der Waals surface area contributed by atoms with Crippen LogP contribution in [0.2, 0.25) is 0 Å². The summed E-state index contributed by atoms with van der Waals surface area (Å²) in [5.74, 6) is 5.39. The first-order chi connectivity index (χ1) is 15.0. The maximum Gasteiger partial charge on any atom is 0.167 e. The molecule has 182 valence electrons. The molecule has 1 N–H and O–H groups in total. The van der Waals surface area contributed by atoms with E-state index in [2.05, 4.69) is 48.5 Å². The Morgan fingerprint density at radius 1 is 0.938 bits per heavy atom. The van der Waals surface area contributed by atoms with Crippen molar-refractivity contribution in [3.63, 3.8) is 0 Å². The first-order valence-electron chi connectivity index (χ1n) is 13.8. The third-order valence-corrected chi connectivity index (χ3v) is 11.3. The van der Waals surface area contributed by atoms with Crippen molar-refractivity contribution in [1.82, 2.24) is 0 Å². The van der Waals surface area contributed by atoms with Gasteiger partial charge in [0.2, 0.25) is 0 Å². The molecule has 0 aromatic heterocycles. The van der Waals surface area contributed by atoms with Gasteiger partial charge in [0.15, 0.2) is 5.78 Å². The molecule has 2 nitrogen and oxygen atoms in total. The van der Waals surface area contributed by atoms with Gasteiger partial charge in [-0.05, 0) is 97.2 Å². The van der Waals surface area contributed by atoms with Crippen molar-refractivity contribution in [2.24, 2.45) is 57.7 Å². The summed E-state index contributed by atoms with van der Waals surface area (Å²) in [5.41, 5.74) is 1.04. The number of allylic oxidation sites excluding steroid dienone is 1. The summed E-state index contributed by atoms with van der Waals surface area (Å²) in [7, 11) is 0. The van der Waals surface area contributed by atoms with Crippen LogP contribution < -0.4 is 0 Å². The van der Waals surface area contributed by atoms with E-state index in [0.717, 1.165) is 48.0 Å². The van der Waals surface area contributed by atoms with E-state index in [9.17, 15) is 9.90 Å². The Morgan fingerprint density at radius 3 is 2.28 bits per heavy atom. The molecule has 8 unspecified atom stereocenters. The molecule has 4 aliphatic carbocycles. The molecule has 4 saturated carbocycles. The van der Waals surface area contributed by atoms with Crippen LogP contribution in [-0.4, -0.2) is 10.9 Å². The van der Waals surface area contributed by atoms with E-state index in [1.54, 1.807) is 0 Å². The summed E-state index contributed by atoms with van der Waals surface area (Å²) in [5, 5.41) is 10.1. The standard InChI is InChI=1S/C30H50O2/c1-19(2)9-8-10-20(3)23-13-14-24-21-11-12-25-22(17-31)27(32)28(4,5)18-30(25,7)26(21)15-16-29(23,24)6/h17,19-21,23-26,31H,8-16,18H2,1-7H3/b22-17-. The molecule has 0 heterocycles. The lowest BCUT2D eigenvalue weighted by atomic mass is 9.41. The predicted octanol–water partition coefficient (Wildman–Crippen LogP) is 8.36. The molecule has 8 atom stereocenters. The summed E-state index contributed by atoms with van der Waals surface area (Å²) in [6.07, 6.45) is 14.2. The van der Waals surface area contributed by atoms with Crippen LogP contribution in [0, 0.1) is 57.7 Å². The number of carbonyl (C=O) groups is 1. The maximum absolute atomic E-state index is 13.1. The number of aliphatic hydroxyl groups excluding tert-OH is 1. The van der Waals surface area contributed by atoms with E-state index in [1.807, 2.05) is 0 Å². The Morgan fingerprint density at radius 2 is 1.62 bits per heavy atom. The van der Waals surface area contributed by atoms with Gasteiger partial charge >= 0.3 is 0 Å². The Kier molecular flexibility index (Phi) is 6.43. The molecule has 0 aromatic carbocycles. The van der Waals surface area contributed by atoms with E-state index < -0.39 is 0 Å². The Balaban J connectivity index is 1.55. The van der Waals surface area contributed by atoms with Gasteiger partial charge in [0, 0.05) is 11.0 Å². The number of ketones is 1. The Labute approximate surface area is 198 Å². The maximum atomic E-state index is 13.1. The monoisotopic (exact) mass is 442 g/mol. The highest BCUT2D eigenvalue weighted by Gasteiger charge is 2.63. The normalized spacial score (nSPS) is 45.4. The van der Waals surface area contributed by atoms with Crippen LogP contribution in [0.3, 0.4) is 0 Å². The molecule has 0 saturated heterocycles. The van der Waals surface area contributed by atoms with Gasteiger partial charge in [-0.2, -0.15) is 0 Å². The van der Waals surface area contributed by atoms with Crippen LogP contribution in [-0.2, 0) is 4.79 Å². The van der Waals surface area contributed by atoms with Crippen molar-refractivity contribution in [1.29, 1.82) is 0 Å². The fourth-order valence-electron chi connectivity index (χ4n) is 9.98. The second-order valence-corrected chi connectivity index (χ2v) is 14.0. The fourth-order valence-corrected chi connectivity index (χ4v) is 9.98. The average Bonchev–Trinajstić information content (AvgIpc) is 3.06. The van der Waals surface area contributed by atoms with Crippen molar-refractivity contribution in [3.05, 3.63) is 11.8 Å². The number of rotatable bonds is 5. The number of hydrogen-bond acceptors (Lipinski definition) is 2. The molecule has 0 bridgehead atoms. The highest BCUT2D eigenvalue weighted by atomic mass is 16.2. The number of Topliss-reactive ketones (excluding diaryl/α,β-unsaturated/α-hetero) is 1. The second kappa shape index (κ2) is 8.46. The van der Waals surface area contributed by atoms with Crippen molar-refractivity contribution in [2.75, 3.05) is 0 Å². The minimum Gasteiger partial charge on any atom is -0.515 e. The van der Waals surface area contributed by atoms with Crippen LogP contribution in [0.5, 0.6) is 0 Å². The van der Waals surface area contributed by atoms with Gasteiger partial charge in [-0.3, -0.25) is 4.79 Å². The Bertz CT molecular complexity index is 748. The van der Waals surface area contributed by atoms with Crippen LogP contribution in [0.4, 0.5) is 0 Å². The van der Waals surface area contributed by atoms with Gasteiger partial charge in [-0.1, -0.05) is 67.7 Å². The van der Waals surface area contributed by atoms with Crippen molar-refractivity contribution in [2.45, 2.75) is 113 Å². The van der Waals surface area contributed by atoms with Crippen molar-refractivity contribution >= 4 is 5.78 Å². The smallest absolute Gasteiger partial charge is 0.167 e. The molecule has 0 spiro atoms. The van der Waals surface area contributed by atoms with Gasteiger partial charge in [0.05, 0.1) is 6.26 Å². The number of carbonyl (C=O) groups excluding carboxylic acids is 1.